The van der Waals surface area contributed by atoms with Gasteiger partial charge in [0.15, 0.2) is 0 Å². The lowest BCUT2D eigenvalue weighted by atomic mass is 10.0. The summed E-state index contributed by atoms with van der Waals surface area (Å²) in [6.07, 6.45) is 1.55. The summed E-state index contributed by atoms with van der Waals surface area (Å²) in [7, 11) is 0. The van der Waals surface area contributed by atoms with Crippen LogP contribution < -0.4 is 4.90 Å². The highest BCUT2D eigenvalue weighted by molar-refractivity contribution is 8.00. The lowest BCUT2D eigenvalue weighted by molar-refractivity contribution is -0.122. The zero-order valence-corrected chi connectivity index (χ0v) is 14.8. The average molecular weight is 337 g/mol. The van der Waals surface area contributed by atoms with E-state index in [0.29, 0.717) is 11.4 Å². The SMILES string of the molecule is C/C(=C\C(=O)N1C(=O)CSc2ccccc21)c1ccc(C)c(C)c1. The number of carbonyl (C=O) groups is 2. The molecule has 3 rings (SSSR count). The molecule has 0 atom stereocenters. The van der Waals surface area contributed by atoms with Crippen molar-refractivity contribution in [2.45, 2.75) is 25.7 Å². The van der Waals surface area contributed by atoms with Gasteiger partial charge in [0.2, 0.25) is 5.91 Å². The highest BCUT2D eigenvalue weighted by Crippen LogP contribution is 2.35. The molecule has 0 saturated heterocycles. The quantitative estimate of drug-likeness (QED) is 0.764. The first kappa shape index (κ1) is 16.5. The number of anilines is 1. The van der Waals surface area contributed by atoms with Gasteiger partial charge in [-0.15, -0.1) is 11.8 Å². The van der Waals surface area contributed by atoms with Crippen LogP contribution in [-0.2, 0) is 9.59 Å². The number of thioether (sulfide) groups is 1. The number of rotatable bonds is 2. The van der Waals surface area contributed by atoms with Crippen LogP contribution in [0.25, 0.3) is 5.57 Å². The van der Waals surface area contributed by atoms with E-state index in [2.05, 4.69) is 19.9 Å². The molecule has 0 radical (unpaired) electrons. The predicted molar refractivity (Wildman–Crippen MR) is 99.2 cm³/mol. The van der Waals surface area contributed by atoms with Gasteiger partial charge in [-0.2, -0.15) is 0 Å². The molecule has 2 aromatic carbocycles. The Balaban J connectivity index is 1.94. The molecule has 3 nitrogen and oxygen atoms in total. The Morgan fingerprint density at radius 3 is 2.62 bits per heavy atom. The molecular formula is C20H19NO2S. The minimum absolute atomic E-state index is 0.173. The standard InChI is InChI=1S/C20H19NO2S/c1-13-8-9-16(10-14(13)2)15(3)11-19(22)21-17-6-4-5-7-18(17)24-12-20(21)23/h4-11H,12H2,1-3H3/b15-11+. The summed E-state index contributed by atoms with van der Waals surface area (Å²) >= 11 is 1.47. The van der Waals surface area contributed by atoms with E-state index in [9.17, 15) is 9.59 Å². The summed E-state index contributed by atoms with van der Waals surface area (Å²) in [6.45, 7) is 6.01. The first-order valence-corrected chi connectivity index (χ1v) is 8.80. The van der Waals surface area contributed by atoms with Gasteiger partial charge in [0.25, 0.3) is 5.91 Å². The highest BCUT2D eigenvalue weighted by atomic mass is 32.2. The predicted octanol–water partition coefficient (Wildman–Crippen LogP) is 4.37. The number of carbonyl (C=O) groups excluding carboxylic acids is 2. The van der Waals surface area contributed by atoms with Gasteiger partial charge in [0.1, 0.15) is 0 Å². The minimum atomic E-state index is -0.288. The van der Waals surface area contributed by atoms with Crippen molar-refractivity contribution in [2.24, 2.45) is 0 Å². The fourth-order valence-corrected chi connectivity index (χ4v) is 3.55. The molecule has 2 amide bonds. The molecule has 1 heterocycles. The van der Waals surface area contributed by atoms with E-state index >= 15 is 0 Å². The van der Waals surface area contributed by atoms with Crippen LogP contribution in [-0.4, -0.2) is 17.6 Å². The Kier molecular flexibility index (Phi) is 4.58. The van der Waals surface area contributed by atoms with Crippen molar-refractivity contribution in [3.05, 3.63) is 65.2 Å². The lowest BCUT2D eigenvalue weighted by Crippen LogP contribution is -2.39. The Morgan fingerprint density at radius 1 is 1.12 bits per heavy atom. The lowest BCUT2D eigenvalue weighted by Gasteiger charge is -2.26. The highest BCUT2D eigenvalue weighted by Gasteiger charge is 2.28. The first-order chi connectivity index (χ1) is 11.5. The van der Waals surface area contributed by atoms with Gasteiger partial charge in [-0.3, -0.25) is 9.59 Å². The van der Waals surface area contributed by atoms with Crippen molar-refractivity contribution in [3.8, 4) is 0 Å². The summed E-state index contributed by atoms with van der Waals surface area (Å²) in [5.41, 5.74) is 4.93. The molecule has 4 heteroatoms. The molecule has 0 spiro atoms. The van der Waals surface area contributed by atoms with E-state index in [4.69, 9.17) is 0 Å². The van der Waals surface area contributed by atoms with E-state index in [1.807, 2.05) is 43.3 Å². The Bertz CT molecular complexity index is 854. The maximum atomic E-state index is 12.7. The van der Waals surface area contributed by atoms with Crippen molar-refractivity contribution in [3.63, 3.8) is 0 Å². The van der Waals surface area contributed by atoms with E-state index in [-0.39, 0.29) is 11.8 Å². The molecule has 24 heavy (non-hydrogen) atoms. The normalized spacial score (nSPS) is 14.5. The van der Waals surface area contributed by atoms with Gasteiger partial charge in [-0.25, -0.2) is 4.90 Å². The Hall–Kier alpha value is -2.33. The van der Waals surface area contributed by atoms with Gasteiger partial charge in [0, 0.05) is 11.0 Å². The summed E-state index contributed by atoms with van der Waals surface area (Å²) in [5, 5.41) is 0. The van der Waals surface area contributed by atoms with Gasteiger partial charge < -0.3 is 0 Å². The van der Waals surface area contributed by atoms with Crippen LogP contribution in [0.4, 0.5) is 5.69 Å². The number of aryl methyl sites for hydroxylation is 2. The smallest absolute Gasteiger partial charge is 0.258 e. The van der Waals surface area contributed by atoms with Crippen LogP contribution in [0.15, 0.2) is 53.4 Å². The molecule has 0 saturated carbocycles. The largest absolute Gasteiger partial charge is 0.273 e. The van der Waals surface area contributed by atoms with Crippen molar-refractivity contribution in [2.75, 3.05) is 10.7 Å². The zero-order chi connectivity index (χ0) is 17.3. The topological polar surface area (TPSA) is 37.4 Å². The maximum absolute atomic E-state index is 12.7. The molecule has 0 fully saturated rings. The van der Waals surface area contributed by atoms with Crippen LogP contribution in [0.2, 0.25) is 0 Å². The molecule has 1 aliphatic rings. The molecule has 0 bridgehead atoms. The van der Waals surface area contributed by atoms with E-state index in [0.717, 1.165) is 16.0 Å². The Morgan fingerprint density at radius 2 is 1.88 bits per heavy atom. The summed E-state index contributed by atoms with van der Waals surface area (Å²) in [4.78, 5) is 27.2. The van der Waals surface area contributed by atoms with Crippen LogP contribution in [0.3, 0.4) is 0 Å². The molecule has 2 aromatic rings. The van der Waals surface area contributed by atoms with Crippen LogP contribution in [0, 0.1) is 13.8 Å². The van der Waals surface area contributed by atoms with Gasteiger partial charge in [-0.05, 0) is 55.2 Å². The Labute approximate surface area is 146 Å². The van der Waals surface area contributed by atoms with E-state index < -0.39 is 0 Å². The van der Waals surface area contributed by atoms with Gasteiger partial charge in [-0.1, -0.05) is 30.3 Å². The second-order valence-corrected chi connectivity index (χ2v) is 6.97. The number of allylic oxidation sites excluding steroid dienone is 1. The fourth-order valence-electron chi connectivity index (χ4n) is 2.66. The van der Waals surface area contributed by atoms with Crippen LogP contribution in [0.5, 0.6) is 0 Å². The van der Waals surface area contributed by atoms with Crippen molar-refractivity contribution in [1.29, 1.82) is 0 Å². The number of amides is 2. The summed E-state index contributed by atoms with van der Waals surface area (Å²) in [5.74, 6) is -0.171. The zero-order valence-electron chi connectivity index (χ0n) is 14.0. The third-order valence-electron chi connectivity index (χ3n) is 4.23. The average Bonchev–Trinajstić information content (AvgIpc) is 2.57. The second kappa shape index (κ2) is 6.65. The number of hydrogen-bond donors (Lipinski definition) is 0. The van der Waals surface area contributed by atoms with E-state index in [1.165, 1.54) is 27.8 Å². The number of benzene rings is 2. The molecule has 0 unspecified atom stereocenters. The van der Waals surface area contributed by atoms with Gasteiger partial charge >= 0.3 is 0 Å². The summed E-state index contributed by atoms with van der Waals surface area (Å²) < 4.78 is 0. The van der Waals surface area contributed by atoms with Crippen molar-refractivity contribution in [1.82, 2.24) is 0 Å². The monoisotopic (exact) mass is 337 g/mol. The molecular weight excluding hydrogens is 318 g/mol. The van der Waals surface area contributed by atoms with Gasteiger partial charge in [0.05, 0.1) is 11.4 Å². The van der Waals surface area contributed by atoms with Crippen LogP contribution >= 0.6 is 11.8 Å². The second-order valence-electron chi connectivity index (χ2n) is 5.95. The van der Waals surface area contributed by atoms with Crippen molar-refractivity contribution < 1.29 is 9.59 Å². The third-order valence-corrected chi connectivity index (χ3v) is 5.28. The first-order valence-electron chi connectivity index (χ1n) is 7.82. The third kappa shape index (κ3) is 3.15. The fraction of sp³-hybridized carbons (Fsp3) is 0.200. The number of para-hydroxylation sites is 1. The number of hydrogen-bond acceptors (Lipinski definition) is 3. The number of imide groups is 1. The maximum Gasteiger partial charge on any atom is 0.258 e. The van der Waals surface area contributed by atoms with E-state index in [1.54, 1.807) is 6.08 Å². The molecule has 122 valence electrons. The molecule has 0 N–H and O–H groups in total. The minimum Gasteiger partial charge on any atom is -0.273 e. The number of nitrogens with zero attached hydrogens (tertiary/aromatic N) is 1. The number of fused-ring (bicyclic) bond motifs is 1. The molecule has 1 aliphatic heterocycles. The summed E-state index contributed by atoms with van der Waals surface area (Å²) in [6, 6.07) is 13.6. The molecule has 0 aliphatic carbocycles. The molecule has 0 aromatic heterocycles. The van der Waals surface area contributed by atoms with Crippen molar-refractivity contribution >= 4 is 34.8 Å². The van der Waals surface area contributed by atoms with Crippen LogP contribution in [0.1, 0.15) is 23.6 Å².